The number of fused-ring (bicyclic) bond motifs is 1. The molecule has 2 aromatic heterocycles. The molecule has 15 heavy (non-hydrogen) atoms. The number of aryl methyl sites for hydroxylation is 1. The van der Waals surface area contributed by atoms with Gasteiger partial charge in [0.15, 0.2) is 11.3 Å². The van der Waals surface area contributed by atoms with Gasteiger partial charge in [0.05, 0.1) is 18.5 Å². The van der Waals surface area contributed by atoms with Gasteiger partial charge in [-0.25, -0.2) is 14.8 Å². The minimum Gasteiger partial charge on any atom is -0.461 e. The highest BCUT2D eigenvalue weighted by Crippen LogP contribution is 2.05. The molecule has 0 unspecified atom stereocenters. The number of hydrogen-bond acceptors (Lipinski definition) is 4. The predicted octanol–water partition coefficient (Wildman–Crippen LogP) is 1.21. The molecule has 0 saturated carbocycles. The minimum absolute atomic E-state index is 0.293. The number of nitrogens with zero attached hydrogens (tertiary/aromatic N) is 3. The summed E-state index contributed by atoms with van der Waals surface area (Å²) in [4.78, 5) is 19.6. The zero-order valence-corrected chi connectivity index (χ0v) is 8.60. The lowest BCUT2D eigenvalue weighted by Crippen LogP contribution is -2.08. The Kier molecular flexibility index (Phi) is 2.37. The molecule has 0 fully saturated rings. The van der Waals surface area contributed by atoms with E-state index in [0.717, 1.165) is 11.3 Å². The first kappa shape index (κ1) is 9.64. The van der Waals surface area contributed by atoms with E-state index >= 15 is 0 Å². The molecule has 0 saturated heterocycles. The molecule has 0 atom stereocenters. The van der Waals surface area contributed by atoms with Crippen molar-refractivity contribution in [1.29, 1.82) is 0 Å². The van der Waals surface area contributed by atoms with Crippen molar-refractivity contribution >= 4 is 11.6 Å². The van der Waals surface area contributed by atoms with E-state index in [-0.39, 0.29) is 0 Å². The Bertz CT molecular complexity index is 504. The van der Waals surface area contributed by atoms with Gasteiger partial charge in [-0.2, -0.15) is 0 Å². The van der Waals surface area contributed by atoms with Crippen LogP contribution in [0.1, 0.15) is 23.1 Å². The molecule has 0 aromatic carbocycles. The zero-order valence-electron chi connectivity index (χ0n) is 8.60. The van der Waals surface area contributed by atoms with Crippen molar-refractivity contribution in [3.8, 4) is 0 Å². The second-order valence-electron chi connectivity index (χ2n) is 3.14. The highest BCUT2D eigenvalue weighted by Gasteiger charge is 2.09. The second kappa shape index (κ2) is 3.68. The van der Waals surface area contributed by atoms with Crippen LogP contribution in [0.4, 0.5) is 0 Å². The quantitative estimate of drug-likeness (QED) is 0.691. The molecule has 2 rings (SSSR count). The van der Waals surface area contributed by atoms with E-state index in [0.29, 0.717) is 12.3 Å². The normalized spacial score (nSPS) is 10.5. The van der Waals surface area contributed by atoms with Crippen LogP contribution in [-0.4, -0.2) is 26.9 Å². The fourth-order valence-electron chi connectivity index (χ4n) is 1.34. The lowest BCUT2D eigenvalue weighted by molar-refractivity contribution is 0.0519. The van der Waals surface area contributed by atoms with Gasteiger partial charge in [0, 0.05) is 12.4 Å². The largest absolute Gasteiger partial charge is 0.461 e. The maximum absolute atomic E-state index is 11.4. The molecule has 78 valence electrons. The van der Waals surface area contributed by atoms with Crippen LogP contribution in [-0.2, 0) is 4.74 Å². The number of hydrogen-bond donors (Lipinski definition) is 0. The average Bonchev–Trinajstić information content (AvgIpc) is 2.57. The molecule has 0 bridgehead atoms. The fourth-order valence-corrected chi connectivity index (χ4v) is 1.34. The molecule has 0 N–H and O–H groups in total. The topological polar surface area (TPSA) is 56.5 Å². The standard InChI is InChI=1S/C10H11N3O2/c1-3-15-10(14)8-6-13-5-7(2)12-9(13)4-11-8/h4-6H,3H2,1-2H3. The first-order chi connectivity index (χ1) is 7.20. The highest BCUT2D eigenvalue weighted by molar-refractivity contribution is 5.87. The third-order valence-electron chi connectivity index (χ3n) is 1.95. The van der Waals surface area contributed by atoms with Gasteiger partial charge < -0.3 is 9.14 Å². The molecule has 5 nitrogen and oxygen atoms in total. The first-order valence-corrected chi connectivity index (χ1v) is 4.69. The Labute approximate surface area is 86.7 Å². The summed E-state index contributed by atoms with van der Waals surface area (Å²) < 4.78 is 6.61. The van der Waals surface area contributed by atoms with Gasteiger partial charge in [-0.05, 0) is 13.8 Å². The van der Waals surface area contributed by atoms with Gasteiger partial charge in [0.25, 0.3) is 0 Å². The van der Waals surface area contributed by atoms with Gasteiger partial charge in [-0.1, -0.05) is 0 Å². The molecule has 2 aromatic rings. The Balaban J connectivity index is 2.41. The van der Waals surface area contributed by atoms with Crippen LogP contribution < -0.4 is 0 Å². The van der Waals surface area contributed by atoms with Crippen molar-refractivity contribution in [2.75, 3.05) is 6.61 Å². The summed E-state index contributed by atoms with van der Waals surface area (Å²) in [6.45, 7) is 4.00. The third kappa shape index (κ3) is 1.81. The number of rotatable bonds is 2. The summed E-state index contributed by atoms with van der Waals surface area (Å²) in [6, 6.07) is 0. The van der Waals surface area contributed by atoms with Gasteiger partial charge in [0.1, 0.15) is 0 Å². The molecule has 2 heterocycles. The number of carbonyl (C=O) groups is 1. The Hall–Kier alpha value is -1.91. The fraction of sp³-hybridized carbons (Fsp3) is 0.300. The van der Waals surface area contributed by atoms with E-state index in [4.69, 9.17) is 4.74 Å². The van der Waals surface area contributed by atoms with Gasteiger partial charge in [-0.3, -0.25) is 0 Å². The van der Waals surface area contributed by atoms with Crippen molar-refractivity contribution in [1.82, 2.24) is 14.4 Å². The van der Waals surface area contributed by atoms with Crippen LogP contribution >= 0.6 is 0 Å². The molecular weight excluding hydrogens is 194 g/mol. The van der Waals surface area contributed by atoms with Crippen LogP contribution in [0.5, 0.6) is 0 Å². The van der Waals surface area contributed by atoms with Crippen molar-refractivity contribution in [3.05, 3.63) is 30.0 Å². The van der Waals surface area contributed by atoms with Crippen LogP contribution in [0.2, 0.25) is 0 Å². The summed E-state index contributed by atoms with van der Waals surface area (Å²) in [5, 5.41) is 0. The van der Waals surface area contributed by atoms with E-state index in [9.17, 15) is 4.79 Å². The molecule has 0 amide bonds. The zero-order chi connectivity index (χ0) is 10.8. The van der Waals surface area contributed by atoms with Crippen LogP contribution in [0.25, 0.3) is 5.65 Å². The van der Waals surface area contributed by atoms with Crippen LogP contribution in [0.15, 0.2) is 18.6 Å². The van der Waals surface area contributed by atoms with Gasteiger partial charge >= 0.3 is 5.97 Å². The number of imidazole rings is 1. The van der Waals surface area contributed by atoms with Gasteiger partial charge in [-0.15, -0.1) is 0 Å². The van der Waals surface area contributed by atoms with Crippen molar-refractivity contribution in [3.63, 3.8) is 0 Å². The summed E-state index contributed by atoms with van der Waals surface area (Å²) in [5.41, 5.74) is 1.90. The van der Waals surface area contributed by atoms with E-state index in [1.54, 1.807) is 23.7 Å². The number of ether oxygens (including phenoxy) is 1. The molecule has 0 aliphatic rings. The number of esters is 1. The molecule has 0 aliphatic carbocycles. The Morgan fingerprint density at radius 2 is 2.33 bits per heavy atom. The van der Waals surface area contributed by atoms with Crippen molar-refractivity contribution < 1.29 is 9.53 Å². The molecular formula is C10H11N3O2. The third-order valence-corrected chi connectivity index (χ3v) is 1.95. The lowest BCUT2D eigenvalue weighted by atomic mass is 10.4. The van der Waals surface area contributed by atoms with E-state index in [1.807, 2.05) is 13.1 Å². The maximum Gasteiger partial charge on any atom is 0.358 e. The van der Waals surface area contributed by atoms with Crippen molar-refractivity contribution in [2.24, 2.45) is 0 Å². The molecule has 5 heteroatoms. The molecule has 0 aliphatic heterocycles. The minimum atomic E-state index is -0.411. The summed E-state index contributed by atoms with van der Waals surface area (Å²) in [5.74, 6) is -0.411. The summed E-state index contributed by atoms with van der Waals surface area (Å²) in [7, 11) is 0. The van der Waals surface area contributed by atoms with Crippen LogP contribution in [0.3, 0.4) is 0 Å². The molecule has 0 spiro atoms. The summed E-state index contributed by atoms with van der Waals surface area (Å²) in [6.07, 6.45) is 5.01. The van der Waals surface area contributed by atoms with E-state index in [1.165, 1.54) is 0 Å². The molecule has 0 radical (unpaired) electrons. The number of carbonyl (C=O) groups excluding carboxylic acids is 1. The van der Waals surface area contributed by atoms with Crippen LogP contribution in [0, 0.1) is 6.92 Å². The lowest BCUT2D eigenvalue weighted by Gasteiger charge is -2.00. The second-order valence-corrected chi connectivity index (χ2v) is 3.14. The smallest absolute Gasteiger partial charge is 0.358 e. The maximum atomic E-state index is 11.4. The number of aromatic nitrogens is 3. The van der Waals surface area contributed by atoms with E-state index in [2.05, 4.69) is 9.97 Å². The monoisotopic (exact) mass is 205 g/mol. The van der Waals surface area contributed by atoms with E-state index < -0.39 is 5.97 Å². The highest BCUT2D eigenvalue weighted by atomic mass is 16.5. The van der Waals surface area contributed by atoms with Crippen molar-refractivity contribution in [2.45, 2.75) is 13.8 Å². The predicted molar refractivity (Wildman–Crippen MR) is 53.7 cm³/mol. The SMILES string of the molecule is CCOC(=O)c1cn2cc(C)nc2cn1. The first-order valence-electron chi connectivity index (χ1n) is 4.69. The Morgan fingerprint density at radius 3 is 3.07 bits per heavy atom. The average molecular weight is 205 g/mol. The Morgan fingerprint density at radius 1 is 1.53 bits per heavy atom. The van der Waals surface area contributed by atoms with Gasteiger partial charge in [0.2, 0.25) is 0 Å². The summed E-state index contributed by atoms with van der Waals surface area (Å²) >= 11 is 0.